The van der Waals surface area contributed by atoms with Crippen LogP contribution in [0.5, 0.6) is 0 Å². The van der Waals surface area contributed by atoms with Gasteiger partial charge >= 0.3 is 0 Å². The summed E-state index contributed by atoms with van der Waals surface area (Å²) < 4.78 is 0. The summed E-state index contributed by atoms with van der Waals surface area (Å²) in [5, 5.41) is 0. The molecule has 0 aliphatic carbocycles. The number of carbonyl (C=O) groups excluding carboxylic acids is 1. The van der Waals surface area contributed by atoms with Gasteiger partial charge in [0.2, 0.25) is 0 Å². The number of carbonyl (C=O) groups is 1. The van der Waals surface area contributed by atoms with Gasteiger partial charge in [0.15, 0.2) is 0 Å². The first-order chi connectivity index (χ1) is 10.9. The maximum absolute atomic E-state index is 13.0. The lowest BCUT2D eigenvalue weighted by molar-refractivity contribution is -0.0648. The van der Waals surface area contributed by atoms with Gasteiger partial charge in [-0.3, -0.25) is 9.69 Å². The molecule has 2 fully saturated rings. The van der Waals surface area contributed by atoms with Gasteiger partial charge in [0.1, 0.15) is 0 Å². The van der Waals surface area contributed by atoms with E-state index in [4.69, 9.17) is 0 Å². The molecule has 3 rings (SSSR count). The molecule has 0 radical (unpaired) electrons. The fraction of sp³-hybridized carbons (Fsp3) is 0.650. The molecule has 126 valence electrons. The maximum atomic E-state index is 13.0. The zero-order chi connectivity index (χ0) is 16.6. The van der Waals surface area contributed by atoms with Crippen molar-refractivity contribution in [3.8, 4) is 0 Å². The first-order valence-corrected chi connectivity index (χ1v) is 9.03. The molecule has 2 aliphatic heterocycles. The molecule has 2 heterocycles. The first kappa shape index (κ1) is 16.5. The Morgan fingerprint density at radius 3 is 2.61 bits per heavy atom. The summed E-state index contributed by atoms with van der Waals surface area (Å²) in [4.78, 5) is 17.7. The summed E-state index contributed by atoms with van der Waals surface area (Å²) >= 11 is 0. The molecule has 3 heteroatoms. The van der Waals surface area contributed by atoms with Crippen LogP contribution in [-0.4, -0.2) is 47.4 Å². The van der Waals surface area contributed by atoms with Crippen LogP contribution >= 0.6 is 0 Å². The zero-order valence-corrected chi connectivity index (χ0v) is 15.1. The van der Waals surface area contributed by atoms with Crippen molar-refractivity contribution in [1.82, 2.24) is 9.80 Å². The molecule has 0 aromatic heterocycles. The second-order valence-electron chi connectivity index (χ2n) is 7.96. The van der Waals surface area contributed by atoms with Crippen LogP contribution in [-0.2, 0) is 0 Å². The molecule has 23 heavy (non-hydrogen) atoms. The molecular formula is C20H30N2O. The van der Waals surface area contributed by atoms with Crippen molar-refractivity contribution in [1.29, 1.82) is 0 Å². The van der Waals surface area contributed by atoms with Crippen molar-refractivity contribution >= 4 is 5.91 Å². The van der Waals surface area contributed by atoms with Crippen molar-refractivity contribution in [2.45, 2.75) is 52.5 Å². The van der Waals surface area contributed by atoms with Gasteiger partial charge in [-0.25, -0.2) is 0 Å². The summed E-state index contributed by atoms with van der Waals surface area (Å²) in [6.07, 6.45) is 3.62. The first-order valence-electron chi connectivity index (χ1n) is 9.03. The zero-order valence-electron chi connectivity index (χ0n) is 15.1. The Morgan fingerprint density at radius 1 is 1.22 bits per heavy atom. The molecule has 3 nitrogen and oxygen atoms in total. The fourth-order valence-electron chi connectivity index (χ4n) is 4.28. The number of nitrogens with zero attached hydrogens (tertiary/aromatic N) is 2. The lowest BCUT2D eigenvalue weighted by atomic mass is 9.77. The normalized spacial score (nSPS) is 25.0. The average Bonchev–Trinajstić information content (AvgIpc) is 2.51. The third-order valence-electron chi connectivity index (χ3n) is 5.56. The SMILES string of the molecule is Cc1ccc(C(=O)N2CCC[C@@]3(CCN3CC(C)C)C2)c(C)c1. The Labute approximate surface area is 140 Å². The van der Waals surface area contributed by atoms with Crippen molar-refractivity contribution < 1.29 is 4.79 Å². The molecule has 1 spiro atoms. The highest BCUT2D eigenvalue weighted by molar-refractivity contribution is 5.95. The third-order valence-corrected chi connectivity index (χ3v) is 5.56. The summed E-state index contributed by atoms with van der Waals surface area (Å²) in [5.41, 5.74) is 3.46. The van der Waals surface area contributed by atoms with E-state index in [0.717, 1.165) is 37.2 Å². The van der Waals surface area contributed by atoms with Crippen molar-refractivity contribution in [3.05, 3.63) is 34.9 Å². The molecular weight excluding hydrogens is 284 g/mol. The van der Waals surface area contributed by atoms with Crippen LogP contribution in [0.3, 0.4) is 0 Å². The van der Waals surface area contributed by atoms with E-state index >= 15 is 0 Å². The Hall–Kier alpha value is -1.35. The summed E-state index contributed by atoms with van der Waals surface area (Å²) in [5.74, 6) is 0.913. The number of hydrogen-bond donors (Lipinski definition) is 0. The van der Waals surface area contributed by atoms with Crippen molar-refractivity contribution in [2.24, 2.45) is 5.92 Å². The van der Waals surface area contributed by atoms with Crippen LogP contribution in [0.15, 0.2) is 18.2 Å². The third kappa shape index (κ3) is 3.16. The highest BCUT2D eigenvalue weighted by atomic mass is 16.2. The van der Waals surface area contributed by atoms with Crippen LogP contribution in [0.1, 0.15) is 54.6 Å². The lowest BCUT2D eigenvalue weighted by Gasteiger charge is -2.57. The Balaban J connectivity index is 1.75. The van der Waals surface area contributed by atoms with Gasteiger partial charge in [-0.15, -0.1) is 0 Å². The van der Waals surface area contributed by atoms with E-state index in [0.29, 0.717) is 5.92 Å². The highest BCUT2D eigenvalue weighted by Gasteiger charge is 2.47. The molecule has 1 aromatic carbocycles. The standard InChI is InChI=1S/C20H30N2O/c1-15(2)13-22-11-9-20(22)8-5-10-21(14-20)19(23)18-7-6-16(3)12-17(18)4/h6-7,12,15H,5,8-11,13-14H2,1-4H3/t20-/m1/s1. The average molecular weight is 314 g/mol. The molecule has 2 aliphatic rings. The van der Waals surface area contributed by atoms with Gasteiger partial charge in [-0.05, 0) is 50.7 Å². The minimum atomic E-state index is 0.220. The number of rotatable bonds is 3. The van der Waals surface area contributed by atoms with Crippen LogP contribution in [0.2, 0.25) is 0 Å². The van der Waals surface area contributed by atoms with E-state index in [2.05, 4.69) is 36.6 Å². The van der Waals surface area contributed by atoms with E-state index in [-0.39, 0.29) is 11.4 Å². The van der Waals surface area contributed by atoms with Gasteiger partial charge in [-0.1, -0.05) is 31.5 Å². The molecule has 2 saturated heterocycles. The monoisotopic (exact) mass is 314 g/mol. The van der Waals surface area contributed by atoms with E-state index in [1.165, 1.54) is 24.9 Å². The number of likely N-dealkylation sites (tertiary alicyclic amines) is 2. The Kier molecular flexibility index (Phi) is 4.50. The largest absolute Gasteiger partial charge is 0.337 e. The molecule has 1 amide bonds. The fourth-order valence-corrected chi connectivity index (χ4v) is 4.28. The van der Waals surface area contributed by atoms with Crippen LogP contribution in [0.4, 0.5) is 0 Å². The topological polar surface area (TPSA) is 23.6 Å². The van der Waals surface area contributed by atoms with Crippen LogP contribution in [0, 0.1) is 19.8 Å². The number of piperidine rings is 1. The lowest BCUT2D eigenvalue weighted by Crippen LogP contribution is -2.68. The maximum Gasteiger partial charge on any atom is 0.254 e. The van der Waals surface area contributed by atoms with E-state index in [1.54, 1.807) is 0 Å². The predicted octanol–water partition coefficient (Wildman–Crippen LogP) is 3.64. The van der Waals surface area contributed by atoms with E-state index < -0.39 is 0 Å². The number of amides is 1. The molecule has 1 atom stereocenters. The van der Waals surface area contributed by atoms with Gasteiger partial charge < -0.3 is 4.90 Å². The number of aryl methyl sites for hydroxylation is 2. The van der Waals surface area contributed by atoms with Crippen molar-refractivity contribution in [2.75, 3.05) is 26.2 Å². The summed E-state index contributed by atoms with van der Waals surface area (Å²) in [6, 6.07) is 6.16. The molecule has 1 aromatic rings. The van der Waals surface area contributed by atoms with Gasteiger partial charge in [0.25, 0.3) is 5.91 Å². The molecule has 0 saturated carbocycles. The van der Waals surface area contributed by atoms with Gasteiger partial charge in [0, 0.05) is 37.3 Å². The summed E-state index contributed by atoms with van der Waals surface area (Å²) in [7, 11) is 0. The Bertz CT molecular complexity index is 595. The van der Waals surface area contributed by atoms with E-state index in [1.807, 2.05) is 19.1 Å². The minimum Gasteiger partial charge on any atom is -0.337 e. The van der Waals surface area contributed by atoms with Crippen molar-refractivity contribution in [3.63, 3.8) is 0 Å². The minimum absolute atomic E-state index is 0.220. The molecule has 0 N–H and O–H groups in total. The number of hydrogen-bond acceptors (Lipinski definition) is 2. The predicted molar refractivity (Wildman–Crippen MR) is 94.8 cm³/mol. The quantitative estimate of drug-likeness (QED) is 0.850. The van der Waals surface area contributed by atoms with Gasteiger partial charge in [-0.2, -0.15) is 0 Å². The molecule has 0 bridgehead atoms. The van der Waals surface area contributed by atoms with Gasteiger partial charge in [0.05, 0.1) is 0 Å². The summed E-state index contributed by atoms with van der Waals surface area (Å²) in [6.45, 7) is 12.9. The highest BCUT2D eigenvalue weighted by Crippen LogP contribution is 2.39. The number of benzene rings is 1. The van der Waals surface area contributed by atoms with E-state index in [9.17, 15) is 4.79 Å². The smallest absolute Gasteiger partial charge is 0.254 e. The van der Waals surface area contributed by atoms with Crippen LogP contribution < -0.4 is 0 Å². The second-order valence-corrected chi connectivity index (χ2v) is 7.96. The Morgan fingerprint density at radius 2 is 2.00 bits per heavy atom. The second kappa shape index (κ2) is 6.27. The molecule has 0 unspecified atom stereocenters. The van der Waals surface area contributed by atoms with Crippen LogP contribution in [0.25, 0.3) is 0 Å².